The molecule has 4 unspecified atom stereocenters. The molecule has 0 aromatic heterocycles. The van der Waals surface area contributed by atoms with Crippen LogP contribution in [0.25, 0.3) is 4.85 Å². The van der Waals surface area contributed by atoms with Gasteiger partial charge in [-0.25, -0.2) is 4.99 Å². The largest absolute Gasteiger partial charge is 0.381 e. The van der Waals surface area contributed by atoms with E-state index in [4.69, 9.17) is 16.4 Å². The molecule has 6 nitrogen and oxygen atoms in total. The highest BCUT2D eigenvalue weighted by Gasteiger charge is 2.28. The first-order chi connectivity index (χ1) is 16.4. The number of hydrogen-bond donors (Lipinski definition) is 3. The van der Waals surface area contributed by atoms with Crippen molar-refractivity contribution >= 4 is 6.21 Å². The molecule has 6 heteroatoms. The van der Waals surface area contributed by atoms with Crippen LogP contribution in [0.5, 0.6) is 0 Å². The van der Waals surface area contributed by atoms with Crippen molar-refractivity contribution in [3.8, 4) is 6.57 Å². The normalized spacial score (nSPS) is 23.6. The highest BCUT2D eigenvalue weighted by Crippen LogP contribution is 2.18. The molecule has 0 radical (unpaired) electrons. The van der Waals surface area contributed by atoms with Crippen LogP contribution in [0.15, 0.2) is 58.6 Å². The Kier molecular flexibility index (Phi) is 19.6. The van der Waals surface area contributed by atoms with Gasteiger partial charge in [0.2, 0.25) is 0 Å². The van der Waals surface area contributed by atoms with E-state index in [-0.39, 0.29) is 18.0 Å². The Bertz CT molecular complexity index is 749. The van der Waals surface area contributed by atoms with Gasteiger partial charge in [-0.05, 0) is 70.6 Å². The van der Waals surface area contributed by atoms with Gasteiger partial charge in [-0.1, -0.05) is 36.9 Å². The number of nitrogens with zero attached hydrogens (tertiary/aromatic N) is 2. The minimum Gasteiger partial charge on any atom is -0.381 e. The van der Waals surface area contributed by atoms with Gasteiger partial charge in [-0.2, -0.15) is 0 Å². The van der Waals surface area contributed by atoms with Crippen molar-refractivity contribution in [2.24, 2.45) is 10.9 Å². The molecule has 0 spiro atoms. The van der Waals surface area contributed by atoms with Crippen LogP contribution >= 0.6 is 0 Å². The fourth-order valence-corrected chi connectivity index (χ4v) is 3.15. The van der Waals surface area contributed by atoms with Crippen molar-refractivity contribution in [2.45, 2.75) is 85.0 Å². The zero-order valence-corrected chi connectivity index (χ0v) is 22.1. The highest BCUT2D eigenvalue weighted by molar-refractivity contribution is 5.66. The van der Waals surface area contributed by atoms with E-state index in [0.29, 0.717) is 0 Å². The molecule has 2 aliphatic rings. The number of allylic oxidation sites excluding steroid dienone is 4. The predicted octanol–water partition coefficient (Wildman–Crippen LogP) is 5.60. The number of aliphatic imine (C=N–C) groups is 1. The summed E-state index contributed by atoms with van der Waals surface area (Å²) in [6.07, 6.45) is 18.9. The fraction of sp³-hybridized carbons (Fsp3) is 0.607. The van der Waals surface area contributed by atoms with Crippen LogP contribution in [0.4, 0.5) is 0 Å². The molecule has 0 saturated carbocycles. The molecule has 0 aromatic carbocycles. The summed E-state index contributed by atoms with van der Waals surface area (Å²) < 4.78 is 5.13. The first kappa shape index (κ1) is 31.6. The standard InChI is InChI=1S/C11H16N3.C11H17NO.C6H14O/c1-4-5-6-9-8-14-11(13-3)7-10(9)12-2;1-9-5-3-7-11(8-4-6-9)12-10(2)13;1-3-5-7-6-4-2/h2,4-5,7-10,13H,6H2,1,3H3;5-6,8,10-13H,3,7H2,1-2H3;3-6H2,1-2H3/q+1;;/b5-4+;9-5-;. The lowest BCUT2D eigenvalue weighted by Crippen LogP contribution is -2.34. The van der Waals surface area contributed by atoms with Gasteiger partial charge in [0.15, 0.2) is 0 Å². The van der Waals surface area contributed by atoms with Gasteiger partial charge in [0.25, 0.3) is 6.57 Å². The maximum absolute atomic E-state index is 9.13. The molecule has 0 amide bonds. The van der Waals surface area contributed by atoms with Crippen molar-refractivity contribution in [3.63, 3.8) is 0 Å². The van der Waals surface area contributed by atoms with E-state index in [2.05, 4.69) is 59.1 Å². The van der Waals surface area contributed by atoms with Crippen molar-refractivity contribution in [2.75, 3.05) is 20.3 Å². The first-order valence-corrected chi connectivity index (χ1v) is 12.5. The molecule has 2 rings (SSSR count). The molecule has 0 bridgehead atoms. The Hall–Kier alpha value is -2.42. The topological polar surface area (TPSA) is 70.2 Å². The lowest BCUT2D eigenvalue weighted by Gasteiger charge is -2.16. The molecular formula is C28H47N4O2+. The van der Waals surface area contributed by atoms with E-state index in [0.717, 1.165) is 51.1 Å². The van der Waals surface area contributed by atoms with E-state index in [1.807, 2.05) is 44.5 Å². The van der Waals surface area contributed by atoms with Crippen LogP contribution in [0.1, 0.15) is 66.7 Å². The van der Waals surface area contributed by atoms with E-state index in [1.54, 1.807) is 6.92 Å². The van der Waals surface area contributed by atoms with Gasteiger partial charge in [-0.3, -0.25) is 5.32 Å². The summed E-state index contributed by atoms with van der Waals surface area (Å²) in [5, 5.41) is 15.2. The molecular weight excluding hydrogens is 424 g/mol. The van der Waals surface area contributed by atoms with E-state index < -0.39 is 6.23 Å². The van der Waals surface area contributed by atoms with Gasteiger partial charge in [-0.15, -0.1) is 5.73 Å². The Morgan fingerprint density at radius 3 is 2.62 bits per heavy atom. The second-order valence-corrected chi connectivity index (χ2v) is 8.25. The monoisotopic (exact) mass is 471 g/mol. The Morgan fingerprint density at radius 2 is 2.06 bits per heavy atom. The molecule has 0 fully saturated rings. The molecule has 1 aliphatic carbocycles. The molecule has 190 valence electrons. The zero-order valence-electron chi connectivity index (χ0n) is 22.1. The average molecular weight is 472 g/mol. The minimum absolute atomic E-state index is 0.0335. The number of rotatable bonds is 9. The average Bonchev–Trinajstić information content (AvgIpc) is 2.82. The van der Waals surface area contributed by atoms with Crippen LogP contribution in [-0.4, -0.2) is 49.9 Å². The third kappa shape index (κ3) is 16.2. The zero-order chi connectivity index (χ0) is 25.6. The second-order valence-electron chi connectivity index (χ2n) is 8.25. The van der Waals surface area contributed by atoms with E-state index in [9.17, 15) is 0 Å². The number of hydrogen-bond acceptors (Lipinski definition) is 5. The quantitative estimate of drug-likeness (QED) is 0.177. The molecule has 0 saturated heterocycles. The number of ether oxygens (including phenoxy) is 1. The molecule has 34 heavy (non-hydrogen) atoms. The number of aliphatic hydroxyl groups excluding tert-OH is 1. The lowest BCUT2D eigenvalue weighted by atomic mass is 9.95. The number of nitrogens with one attached hydrogen (secondary N) is 2. The van der Waals surface area contributed by atoms with Crippen molar-refractivity contribution < 1.29 is 9.84 Å². The second kappa shape index (κ2) is 21.1. The predicted molar refractivity (Wildman–Crippen MR) is 146 cm³/mol. The Morgan fingerprint density at radius 1 is 1.35 bits per heavy atom. The molecule has 0 aromatic rings. The Labute approximate surface area is 208 Å². The molecule has 1 aliphatic heterocycles. The summed E-state index contributed by atoms with van der Waals surface area (Å²) in [4.78, 5) is 8.09. The molecule has 3 N–H and O–H groups in total. The van der Waals surface area contributed by atoms with Crippen molar-refractivity contribution in [3.05, 3.63) is 58.4 Å². The SMILES string of the molecule is C#[N+]C1C=C(NC)N=CC1C/C=C/C.C/C1=C/CCC(NC(C)O)C=C=C1.CCCOCCC. The smallest absolute Gasteiger partial charge is 0.302 e. The maximum atomic E-state index is 9.13. The third-order valence-corrected chi connectivity index (χ3v) is 4.95. The van der Waals surface area contributed by atoms with Crippen molar-refractivity contribution in [1.29, 1.82) is 0 Å². The van der Waals surface area contributed by atoms with Crippen LogP contribution in [0.3, 0.4) is 0 Å². The lowest BCUT2D eigenvalue weighted by molar-refractivity contribution is 0.135. The summed E-state index contributed by atoms with van der Waals surface area (Å²) in [5.41, 5.74) is 4.36. The molecule has 1 heterocycles. The fourth-order valence-electron chi connectivity index (χ4n) is 3.15. The highest BCUT2D eigenvalue weighted by atomic mass is 16.5. The number of aliphatic hydroxyl groups is 1. The maximum Gasteiger partial charge on any atom is 0.302 e. The van der Waals surface area contributed by atoms with Crippen LogP contribution in [0.2, 0.25) is 0 Å². The van der Waals surface area contributed by atoms with Gasteiger partial charge >= 0.3 is 6.04 Å². The summed E-state index contributed by atoms with van der Waals surface area (Å²) in [7, 11) is 1.84. The van der Waals surface area contributed by atoms with Gasteiger partial charge < -0.3 is 15.2 Å². The molecule has 4 atom stereocenters. The van der Waals surface area contributed by atoms with Gasteiger partial charge in [0, 0.05) is 38.6 Å². The van der Waals surface area contributed by atoms with E-state index in [1.165, 1.54) is 5.57 Å². The first-order valence-electron chi connectivity index (χ1n) is 12.5. The van der Waals surface area contributed by atoms with E-state index >= 15 is 0 Å². The van der Waals surface area contributed by atoms with Crippen LogP contribution < -0.4 is 10.6 Å². The Balaban J connectivity index is 0.000000509. The minimum atomic E-state index is -0.451. The third-order valence-electron chi connectivity index (χ3n) is 4.95. The summed E-state index contributed by atoms with van der Waals surface area (Å²) in [6.45, 7) is 17.2. The summed E-state index contributed by atoms with van der Waals surface area (Å²) >= 11 is 0. The van der Waals surface area contributed by atoms with Gasteiger partial charge in [0.05, 0.1) is 5.92 Å². The van der Waals surface area contributed by atoms with Crippen LogP contribution in [0, 0.1) is 12.5 Å². The summed E-state index contributed by atoms with van der Waals surface area (Å²) in [5.74, 6) is 1.12. The van der Waals surface area contributed by atoms with Gasteiger partial charge in [0.1, 0.15) is 12.0 Å². The van der Waals surface area contributed by atoms with Crippen LogP contribution in [-0.2, 0) is 4.74 Å². The summed E-state index contributed by atoms with van der Waals surface area (Å²) in [6, 6.07) is 0.270. The van der Waals surface area contributed by atoms with Crippen molar-refractivity contribution in [1.82, 2.24) is 10.6 Å².